The first-order chi connectivity index (χ1) is 17.0. The van der Waals surface area contributed by atoms with Crippen LogP contribution in [0.1, 0.15) is 21.5 Å². The molecule has 6 nitrogen and oxygen atoms in total. The SMILES string of the molecule is COc1cc(/C=C/C(=O)c2ccc(-n3cccc3)cc2)ccc1OCC(=O)Nc1ccccc1C. The summed E-state index contributed by atoms with van der Waals surface area (Å²) in [5.74, 6) is 0.547. The Balaban J connectivity index is 1.37. The number of hydrogen-bond donors (Lipinski definition) is 1. The first kappa shape index (κ1) is 23.6. The average molecular weight is 467 g/mol. The van der Waals surface area contributed by atoms with Gasteiger partial charge >= 0.3 is 0 Å². The highest BCUT2D eigenvalue weighted by Gasteiger charge is 2.10. The minimum Gasteiger partial charge on any atom is -0.493 e. The minimum atomic E-state index is -0.265. The van der Waals surface area contributed by atoms with Crippen LogP contribution in [0.5, 0.6) is 11.5 Å². The highest BCUT2D eigenvalue weighted by atomic mass is 16.5. The number of allylic oxidation sites excluding steroid dienone is 1. The molecule has 0 radical (unpaired) electrons. The number of rotatable bonds is 9. The monoisotopic (exact) mass is 466 g/mol. The second-order valence-electron chi connectivity index (χ2n) is 7.90. The predicted molar refractivity (Wildman–Crippen MR) is 137 cm³/mol. The van der Waals surface area contributed by atoms with Crippen molar-refractivity contribution in [1.82, 2.24) is 4.57 Å². The van der Waals surface area contributed by atoms with Gasteiger partial charge in [0.1, 0.15) is 0 Å². The molecule has 0 aliphatic heterocycles. The molecule has 0 aliphatic rings. The molecule has 1 amide bonds. The molecule has 1 aromatic heterocycles. The number of methoxy groups -OCH3 is 1. The van der Waals surface area contributed by atoms with E-state index in [0.29, 0.717) is 17.1 Å². The standard InChI is InChI=1S/C29H26N2O4/c1-21-7-3-4-8-25(21)30-29(33)20-35-27-16-10-22(19-28(27)34-2)9-15-26(32)23-11-13-24(14-12-23)31-17-5-6-18-31/h3-19H,20H2,1-2H3,(H,30,33)/b15-9+. The van der Waals surface area contributed by atoms with E-state index in [4.69, 9.17) is 9.47 Å². The van der Waals surface area contributed by atoms with Crippen LogP contribution in [-0.4, -0.2) is 30.0 Å². The van der Waals surface area contributed by atoms with Crippen LogP contribution in [-0.2, 0) is 4.79 Å². The Hall–Kier alpha value is -4.58. The van der Waals surface area contributed by atoms with Gasteiger partial charge in [-0.05, 0) is 78.7 Å². The van der Waals surface area contributed by atoms with E-state index in [-0.39, 0.29) is 18.3 Å². The normalized spacial score (nSPS) is 10.8. The van der Waals surface area contributed by atoms with Crippen LogP contribution in [0.25, 0.3) is 11.8 Å². The van der Waals surface area contributed by atoms with Gasteiger partial charge in [0.05, 0.1) is 7.11 Å². The van der Waals surface area contributed by atoms with Crippen LogP contribution in [0.15, 0.2) is 97.3 Å². The second kappa shape index (κ2) is 11.0. The first-order valence-corrected chi connectivity index (χ1v) is 11.2. The summed E-state index contributed by atoms with van der Waals surface area (Å²) in [4.78, 5) is 24.9. The quantitative estimate of drug-likeness (QED) is 0.253. The third-order valence-electron chi connectivity index (χ3n) is 5.45. The molecule has 0 atom stereocenters. The van der Waals surface area contributed by atoms with Crippen LogP contribution < -0.4 is 14.8 Å². The Bertz CT molecular complexity index is 1340. The molecule has 0 unspecified atom stereocenters. The van der Waals surface area contributed by atoms with E-state index in [1.807, 2.05) is 84.5 Å². The van der Waals surface area contributed by atoms with Gasteiger partial charge in [0.2, 0.25) is 0 Å². The van der Waals surface area contributed by atoms with Crippen LogP contribution in [0.3, 0.4) is 0 Å². The summed E-state index contributed by atoms with van der Waals surface area (Å²) in [6, 6.07) is 24.2. The van der Waals surface area contributed by atoms with Gasteiger partial charge in [0.15, 0.2) is 23.9 Å². The number of carbonyl (C=O) groups excluding carboxylic acids is 2. The lowest BCUT2D eigenvalue weighted by molar-refractivity contribution is -0.118. The zero-order chi connectivity index (χ0) is 24.6. The van der Waals surface area contributed by atoms with Gasteiger partial charge in [-0.3, -0.25) is 9.59 Å². The summed E-state index contributed by atoms with van der Waals surface area (Å²) >= 11 is 0. The highest BCUT2D eigenvalue weighted by molar-refractivity contribution is 6.06. The van der Waals surface area contributed by atoms with Gasteiger partial charge in [-0.25, -0.2) is 0 Å². The molecule has 3 aromatic carbocycles. The number of aryl methyl sites for hydroxylation is 1. The molecule has 4 aromatic rings. The van der Waals surface area contributed by atoms with Crippen molar-refractivity contribution in [3.63, 3.8) is 0 Å². The van der Waals surface area contributed by atoms with Crippen LogP contribution in [0.4, 0.5) is 5.69 Å². The number of anilines is 1. The van der Waals surface area contributed by atoms with Crippen molar-refractivity contribution in [3.8, 4) is 17.2 Å². The Morgan fingerprint density at radius 2 is 1.66 bits per heavy atom. The fraction of sp³-hybridized carbons (Fsp3) is 0.103. The molecule has 0 bridgehead atoms. The van der Waals surface area contributed by atoms with Crippen molar-refractivity contribution in [2.45, 2.75) is 6.92 Å². The van der Waals surface area contributed by atoms with Gasteiger partial charge < -0.3 is 19.4 Å². The van der Waals surface area contributed by atoms with Crippen molar-refractivity contribution < 1.29 is 19.1 Å². The number of nitrogens with zero attached hydrogens (tertiary/aromatic N) is 1. The summed E-state index contributed by atoms with van der Waals surface area (Å²) in [5, 5.41) is 2.83. The molecule has 6 heteroatoms. The number of ketones is 1. The van der Waals surface area contributed by atoms with Crippen molar-refractivity contribution in [2.75, 3.05) is 19.0 Å². The number of nitrogens with one attached hydrogen (secondary N) is 1. The van der Waals surface area contributed by atoms with Gasteiger partial charge in [0, 0.05) is 29.3 Å². The van der Waals surface area contributed by atoms with Crippen molar-refractivity contribution >= 4 is 23.5 Å². The van der Waals surface area contributed by atoms with E-state index < -0.39 is 0 Å². The highest BCUT2D eigenvalue weighted by Crippen LogP contribution is 2.28. The number of ether oxygens (including phenoxy) is 2. The summed E-state index contributed by atoms with van der Waals surface area (Å²) in [7, 11) is 1.53. The number of hydrogen-bond acceptors (Lipinski definition) is 4. The maximum Gasteiger partial charge on any atom is 0.262 e. The smallest absolute Gasteiger partial charge is 0.262 e. The molecule has 1 N–H and O–H groups in total. The van der Waals surface area contributed by atoms with E-state index in [1.165, 1.54) is 13.2 Å². The summed E-state index contributed by atoms with van der Waals surface area (Å²) < 4.78 is 13.1. The summed E-state index contributed by atoms with van der Waals surface area (Å²) in [5.41, 5.74) is 4.08. The Kier molecular flexibility index (Phi) is 7.43. The topological polar surface area (TPSA) is 69.6 Å². The second-order valence-corrected chi connectivity index (χ2v) is 7.90. The lowest BCUT2D eigenvalue weighted by atomic mass is 10.1. The summed E-state index contributed by atoms with van der Waals surface area (Å²) in [6.45, 7) is 1.77. The molecule has 176 valence electrons. The van der Waals surface area contributed by atoms with E-state index in [1.54, 1.807) is 24.3 Å². The Morgan fingerprint density at radius 1 is 0.914 bits per heavy atom. The van der Waals surface area contributed by atoms with Gasteiger partial charge in [0.25, 0.3) is 5.91 Å². The third kappa shape index (κ3) is 6.06. The van der Waals surface area contributed by atoms with Crippen molar-refractivity contribution in [2.24, 2.45) is 0 Å². The van der Waals surface area contributed by atoms with E-state index >= 15 is 0 Å². The maximum atomic E-state index is 12.6. The molecule has 0 spiro atoms. The average Bonchev–Trinajstić information content (AvgIpc) is 3.43. The fourth-order valence-corrected chi connectivity index (χ4v) is 3.52. The lowest BCUT2D eigenvalue weighted by Crippen LogP contribution is -2.20. The fourth-order valence-electron chi connectivity index (χ4n) is 3.52. The minimum absolute atomic E-state index is 0.101. The van der Waals surface area contributed by atoms with Crippen LogP contribution in [0.2, 0.25) is 0 Å². The van der Waals surface area contributed by atoms with Gasteiger partial charge in [-0.15, -0.1) is 0 Å². The predicted octanol–water partition coefficient (Wildman–Crippen LogP) is 5.71. The Morgan fingerprint density at radius 3 is 2.37 bits per heavy atom. The zero-order valence-corrected chi connectivity index (χ0v) is 19.6. The maximum absolute atomic E-state index is 12.6. The van der Waals surface area contributed by atoms with Crippen molar-refractivity contribution in [1.29, 1.82) is 0 Å². The molecular weight excluding hydrogens is 440 g/mol. The molecule has 1 heterocycles. The third-order valence-corrected chi connectivity index (χ3v) is 5.45. The number of para-hydroxylation sites is 1. The van der Waals surface area contributed by atoms with Crippen LogP contribution in [0, 0.1) is 6.92 Å². The number of benzene rings is 3. The van der Waals surface area contributed by atoms with E-state index in [0.717, 1.165) is 22.5 Å². The lowest BCUT2D eigenvalue weighted by Gasteiger charge is -2.12. The molecule has 4 rings (SSSR count). The first-order valence-electron chi connectivity index (χ1n) is 11.2. The molecule has 35 heavy (non-hydrogen) atoms. The molecule has 0 aliphatic carbocycles. The molecule has 0 fully saturated rings. The number of aromatic nitrogens is 1. The van der Waals surface area contributed by atoms with Crippen molar-refractivity contribution in [3.05, 3.63) is 114 Å². The van der Waals surface area contributed by atoms with Gasteiger partial charge in [-0.1, -0.05) is 30.3 Å². The largest absolute Gasteiger partial charge is 0.493 e. The molecule has 0 saturated carbocycles. The molecule has 0 saturated heterocycles. The Labute approximate surface area is 204 Å². The summed E-state index contributed by atoms with van der Waals surface area (Å²) in [6.07, 6.45) is 7.15. The zero-order valence-electron chi connectivity index (χ0n) is 19.6. The number of carbonyl (C=O) groups is 2. The van der Waals surface area contributed by atoms with Gasteiger partial charge in [-0.2, -0.15) is 0 Å². The molecular formula is C29H26N2O4. The number of amides is 1. The van der Waals surface area contributed by atoms with E-state index in [2.05, 4.69) is 5.32 Å². The van der Waals surface area contributed by atoms with Crippen LogP contribution >= 0.6 is 0 Å². The van der Waals surface area contributed by atoms with E-state index in [9.17, 15) is 9.59 Å².